The van der Waals surface area contributed by atoms with E-state index in [-0.39, 0.29) is 11.5 Å². The van der Waals surface area contributed by atoms with E-state index in [1.165, 1.54) is 14.2 Å². The van der Waals surface area contributed by atoms with Gasteiger partial charge in [-0.3, -0.25) is 0 Å². The molecule has 1 heterocycles. The molecule has 0 saturated carbocycles. The fourth-order valence-electron chi connectivity index (χ4n) is 3.10. The third-order valence-electron chi connectivity index (χ3n) is 4.71. The number of methoxy groups -OCH3 is 2. The van der Waals surface area contributed by atoms with Crippen molar-refractivity contribution in [2.24, 2.45) is 0 Å². The largest absolute Gasteiger partial charge is 0.504 e. The number of hydrogen-bond donors (Lipinski definition) is 2. The van der Waals surface area contributed by atoms with Crippen LogP contribution in [0, 0.1) is 0 Å². The number of ether oxygens (including phenoxy) is 2. The molecule has 3 rings (SSSR count). The number of thiocarbonyl (C=S) groups is 2. The number of nitrogens with zero attached hydrogens (tertiary/aromatic N) is 2. The molecule has 0 atom stereocenters. The molecule has 28 heavy (non-hydrogen) atoms. The van der Waals surface area contributed by atoms with Gasteiger partial charge in [-0.1, -0.05) is 24.4 Å². The number of aromatic hydroxyl groups is 2. The van der Waals surface area contributed by atoms with Gasteiger partial charge in [-0.2, -0.15) is 0 Å². The van der Waals surface area contributed by atoms with Gasteiger partial charge < -0.3 is 29.5 Å². The standard InChI is InChI=1S/C20H22N2O4S2/c1-25-17-11-13(3-5-15(17)23)19(27)21-7-9-22(10-8-21)20(28)14-4-6-16(24)18(12-14)26-2/h3-6,11-12,23-24H,7-10H2,1-2H3. The summed E-state index contributed by atoms with van der Waals surface area (Å²) in [6.07, 6.45) is 0. The Balaban J connectivity index is 1.65. The van der Waals surface area contributed by atoms with Crippen LogP contribution in [-0.4, -0.2) is 70.4 Å². The molecule has 0 amide bonds. The first-order valence-corrected chi connectivity index (χ1v) is 9.58. The summed E-state index contributed by atoms with van der Waals surface area (Å²) in [7, 11) is 3.03. The lowest BCUT2D eigenvalue weighted by Gasteiger charge is -2.37. The Morgan fingerprint density at radius 3 is 1.43 bits per heavy atom. The molecular weight excluding hydrogens is 396 g/mol. The third-order valence-corrected chi connectivity index (χ3v) is 5.70. The second-order valence-electron chi connectivity index (χ2n) is 6.36. The van der Waals surface area contributed by atoms with Gasteiger partial charge in [0, 0.05) is 37.3 Å². The van der Waals surface area contributed by atoms with Crippen LogP contribution in [0.15, 0.2) is 36.4 Å². The van der Waals surface area contributed by atoms with Crippen molar-refractivity contribution in [3.05, 3.63) is 47.5 Å². The summed E-state index contributed by atoms with van der Waals surface area (Å²) in [5.74, 6) is 0.990. The lowest BCUT2D eigenvalue weighted by molar-refractivity contribution is 0.265. The van der Waals surface area contributed by atoms with Crippen LogP contribution in [0.5, 0.6) is 23.0 Å². The van der Waals surface area contributed by atoms with Gasteiger partial charge in [0.05, 0.1) is 14.2 Å². The molecule has 1 saturated heterocycles. The zero-order valence-electron chi connectivity index (χ0n) is 15.7. The molecule has 8 heteroatoms. The van der Waals surface area contributed by atoms with Crippen LogP contribution in [0.1, 0.15) is 11.1 Å². The second kappa shape index (κ2) is 8.62. The lowest BCUT2D eigenvalue weighted by Crippen LogP contribution is -2.50. The summed E-state index contributed by atoms with van der Waals surface area (Å²) in [5, 5.41) is 19.5. The number of benzene rings is 2. The van der Waals surface area contributed by atoms with E-state index in [1.807, 2.05) is 0 Å². The van der Waals surface area contributed by atoms with Crippen molar-refractivity contribution in [1.29, 1.82) is 0 Å². The SMILES string of the molecule is COc1cc(C(=S)N2CCN(C(=S)c3ccc(O)c(OC)c3)CC2)ccc1O. The summed E-state index contributed by atoms with van der Waals surface area (Å²) >= 11 is 11.3. The van der Waals surface area contributed by atoms with Crippen molar-refractivity contribution in [3.8, 4) is 23.0 Å². The molecule has 2 aromatic carbocycles. The highest BCUT2D eigenvalue weighted by molar-refractivity contribution is 7.81. The molecular formula is C20H22N2O4S2. The molecule has 0 unspecified atom stereocenters. The van der Waals surface area contributed by atoms with E-state index in [0.717, 1.165) is 47.3 Å². The fraction of sp³-hybridized carbons (Fsp3) is 0.300. The van der Waals surface area contributed by atoms with Gasteiger partial charge in [0.15, 0.2) is 23.0 Å². The van der Waals surface area contributed by atoms with Gasteiger partial charge in [0.25, 0.3) is 0 Å². The van der Waals surface area contributed by atoms with E-state index in [9.17, 15) is 10.2 Å². The maximum absolute atomic E-state index is 9.76. The first-order chi connectivity index (χ1) is 13.4. The highest BCUT2D eigenvalue weighted by Gasteiger charge is 2.23. The molecule has 0 spiro atoms. The number of piperazine rings is 1. The van der Waals surface area contributed by atoms with Crippen LogP contribution in [0.25, 0.3) is 0 Å². The topological polar surface area (TPSA) is 65.4 Å². The van der Waals surface area contributed by atoms with Crippen molar-refractivity contribution in [2.75, 3.05) is 40.4 Å². The van der Waals surface area contributed by atoms with Crippen molar-refractivity contribution in [1.82, 2.24) is 9.80 Å². The highest BCUT2D eigenvalue weighted by atomic mass is 32.1. The molecule has 0 radical (unpaired) electrons. The number of hydrogen-bond acceptors (Lipinski definition) is 6. The normalized spacial score (nSPS) is 13.9. The average molecular weight is 419 g/mol. The monoisotopic (exact) mass is 418 g/mol. The summed E-state index contributed by atoms with van der Waals surface area (Å²) in [6, 6.07) is 10.3. The lowest BCUT2D eigenvalue weighted by atomic mass is 10.1. The minimum Gasteiger partial charge on any atom is -0.504 e. The molecule has 2 aromatic rings. The van der Waals surface area contributed by atoms with E-state index >= 15 is 0 Å². The van der Waals surface area contributed by atoms with Gasteiger partial charge in [-0.25, -0.2) is 0 Å². The molecule has 0 bridgehead atoms. The van der Waals surface area contributed by atoms with Gasteiger partial charge in [-0.05, 0) is 36.4 Å². The first kappa shape index (κ1) is 20.2. The first-order valence-electron chi connectivity index (χ1n) is 8.77. The Hall–Kier alpha value is -2.58. The molecule has 0 aliphatic carbocycles. The number of phenols is 2. The third kappa shape index (κ3) is 4.13. The smallest absolute Gasteiger partial charge is 0.161 e. The molecule has 1 aliphatic rings. The van der Waals surface area contributed by atoms with E-state index in [0.29, 0.717) is 11.5 Å². The van der Waals surface area contributed by atoms with Crippen molar-refractivity contribution >= 4 is 34.4 Å². The molecule has 148 valence electrons. The number of phenolic OH excluding ortho intramolecular Hbond substituents is 2. The maximum atomic E-state index is 9.76. The second-order valence-corrected chi connectivity index (χ2v) is 7.13. The van der Waals surface area contributed by atoms with E-state index in [1.54, 1.807) is 36.4 Å². The summed E-state index contributed by atoms with van der Waals surface area (Å²) in [6.45, 7) is 2.93. The molecule has 1 fully saturated rings. The summed E-state index contributed by atoms with van der Waals surface area (Å²) in [4.78, 5) is 5.68. The Morgan fingerprint density at radius 2 is 1.11 bits per heavy atom. The fourth-order valence-corrected chi connectivity index (χ4v) is 3.72. The number of rotatable bonds is 4. The summed E-state index contributed by atoms with van der Waals surface area (Å²) in [5.41, 5.74) is 1.67. The maximum Gasteiger partial charge on any atom is 0.161 e. The Morgan fingerprint density at radius 1 is 0.750 bits per heavy atom. The predicted molar refractivity (Wildman–Crippen MR) is 116 cm³/mol. The molecule has 0 aromatic heterocycles. The van der Waals surface area contributed by atoms with Crippen molar-refractivity contribution in [2.45, 2.75) is 0 Å². The van der Waals surface area contributed by atoms with Crippen LogP contribution < -0.4 is 9.47 Å². The Kier molecular flexibility index (Phi) is 6.21. The van der Waals surface area contributed by atoms with Crippen LogP contribution in [0.2, 0.25) is 0 Å². The summed E-state index contributed by atoms with van der Waals surface area (Å²) < 4.78 is 10.3. The quantitative estimate of drug-likeness (QED) is 0.735. The zero-order chi connectivity index (χ0) is 20.3. The van der Waals surface area contributed by atoms with Crippen LogP contribution in [0.3, 0.4) is 0 Å². The van der Waals surface area contributed by atoms with Gasteiger partial charge in [-0.15, -0.1) is 0 Å². The van der Waals surface area contributed by atoms with Gasteiger partial charge >= 0.3 is 0 Å². The zero-order valence-corrected chi connectivity index (χ0v) is 17.3. The van der Waals surface area contributed by atoms with E-state index in [2.05, 4.69) is 9.80 Å². The van der Waals surface area contributed by atoms with E-state index in [4.69, 9.17) is 33.9 Å². The molecule has 2 N–H and O–H groups in total. The highest BCUT2D eigenvalue weighted by Crippen LogP contribution is 2.28. The molecule has 1 aliphatic heterocycles. The minimum absolute atomic E-state index is 0.0912. The van der Waals surface area contributed by atoms with Gasteiger partial charge in [0.2, 0.25) is 0 Å². The Bertz CT molecular complexity index is 822. The minimum atomic E-state index is 0.0912. The molecule has 6 nitrogen and oxygen atoms in total. The van der Waals surface area contributed by atoms with Crippen LogP contribution >= 0.6 is 24.4 Å². The average Bonchev–Trinajstić information content (AvgIpc) is 2.73. The van der Waals surface area contributed by atoms with Gasteiger partial charge in [0.1, 0.15) is 9.98 Å². The van der Waals surface area contributed by atoms with Crippen molar-refractivity contribution in [3.63, 3.8) is 0 Å². The van der Waals surface area contributed by atoms with Crippen LogP contribution in [0.4, 0.5) is 0 Å². The van der Waals surface area contributed by atoms with Crippen molar-refractivity contribution < 1.29 is 19.7 Å². The van der Waals surface area contributed by atoms with Crippen LogP contribution in [-0.2, 0) is 0 Å². The Labute approximate surface area is 174 Å². The van der Waals surface area contributed by atoms with E-state index < -0.39 is 0 Å². The predicted octanol–water partition coefficient (Wildman–Crippen LogP) is 2.78.